The highest BCUT2D eigenvalue weighted by molar-refractivity contribution is 6.51. The van der Waals surface area contributed by atoms with Gasteiger partial charge in [-0.1, -0.05) is 48.5 Å². The lowest BCUT2D eigenvalue weighted by Gasteiger charge is -2.19. The van der Waals surface area contributed by atoms with Crippen LogP contribution >= 0.6 is 0 Å². The van der Waals surface area contributed by atoms with Crippen molar-refractivity contribution >= 4 is 44.6 Å². The first-order valence-electron chi connectivity index (χ1n) is 11.1. The fourth-order valence-corrected chi connectivity index (χ4v) is 4.52. The molecule has 172 valence electrons. The summed E-state index contributed by atoms with van der Waals surface area (Å²) in [7, 11) is 3.74. The Morgan fingerprint density at radius 3 is 2.41 bits per heavy atom. The lowest BCUT2D eigenvalue weighted by molar-refractivity contribution is -0.122. The Labute approximate surface area is 196 Å². The molecule has 3 aromatic carbocycles. The van der Waals surface area contributed by atoms with Crippen molar-refractivity contribution in [3.05, 3.63) is 78.0 Å². The number of hydrogen-bond acceptors (Lipinski definition) is 5. The van der Waals surface area contributed by atoms with Crippen molar-refractivity contribution in [2.24, 2.45) is 0 Å². The Morgan fingerprint density at radius 1 is 0.912 bits per heavy atom. The van der Waals surface area contributed by atoms with Crippen molar-refractivity contribution < 1.29 is 19.4 Å². The van der Waals surface area contributed by atoms with Crippen LogP contribution in [-0.4, -0.2) is 60.2 Å². The number of ether oxygens (including phenoxy) is 1. The summed E-state index contributed by atoms with van der Waals surface area (Å²) in [6.45, 7) is 0.486. The van der Waals surface area contributed by atoms with Crippen molar-refractivity contribution in [3.63, 3.8) is 0 Å². The number of H-pyrrole nitrogens is 1. The van der Waals surface area contributed by atoms with E-state index < -0.39 is 17.9 Å². The minimum Gasteiger partial charge on any atom is -0.490 e. The van der Waals surface area contributed by atoms with E-state index in [4.69, 9.17) is 4.74 Å². The molecule has 34 heavy (non-hydrogen) atoms. The zero-order chi connectivity index (χ0) is 23.8. The summed E-state index contributed by atoms with van der Waals surface area (Å²) in [5.41, 5.74) is 2.64. The van der Waals surface area contributed by atoms with E-state index in [9.17, 15) is 14.7 Å². The molecule has 4 aromatic rings. The van der Waals surface area contributed by atoms with Crippen LogP contribution in [-0.2, 0) is 9.59 Å². The van der Waals surface area contributed by atoms with Crippen LogP contribution < -0.4 is 10.1 Å². The molecule has 2 heterocycles. The van der Waals surface area contributed by atoms with Crippen molar-refractivity contribution in [2.45, 2.75) is 6.10 Å². The molecule has 5 rings (SSSR count). The van der Waals surface area contributed by atoms with Crippen LogP contribution in [0.5, 0.6) is 5.75 Å². The maximum absolute atomic E-state index is 13.2. The Kier molecular flexibility index (Phi) is 5.65. The van der Waals surface area contributed by atoms with Crippen LogP contribution in [0.1, 0.15) is 11.1 Å². The van der Waals surface area contributed by atoms with Crippen LogP contribution in [0.2, 0.25) is 0 Å². The fraction of sp³-hybridized carbons (Fsp3) is 0.185. The highest BCUT2D eigenvalue weighted by Crippen LogP contribution is 2.41. The van der Waals surface area contributed by atoms with Gasteiger partial charge in [-0.3, -0.25) is 14.9 Å². The molecule has 0 aliphatic carbocycles. The molecule has 0 radical (unpaired) electrons. The zero-order valence-corrected chi connectivity index (χ0v) is 19.0. The second-order valence-corrected chi connectivity index (χ2v) is 8.67. The average molecular weight is 456 g/mol. The predicted octanol–water partition coefficient (Wildman–Crippen LogP) is 3.19. The first kappa shape index (κ1) is 21.9. The second kappa shape index (κ2) is 8.78. The number of fused-ring (bicyclic) bond motifs is 2. The minimum absolute atomic E-state index is 0.0504. The predicted molar refractivity (Wildman–Crippen MR) is 132 cm³/mol. The van der Waals surface area contributed by atoms with E-state index in [1.165, 1.54) is 0 Å². The van der Waals surface area contributed by atoms with Gasteiger partial charge in [0.2, 0.25) is 0 Å². The van der Waals surface area contributed by atoms with Crippen LogP contribution in [0.15, 0.2) is 66.9 Å². The van der Waals surface area contributed by atoms with Crippen LogP contribution in [0, 0.1) is 0 Å². The third kappa shape index (κ3) is 3.85. The van der Waals surface area contributed by atoms with Gasteiger partial charge >= 0.3 is 0 Å². The molecule has 1 aliphatic heterocycles. The first-order chi connectivity index (χ1) is 16.4. The number of carbonyl (C=O) groups excluding carboxylic acids is 2. The number of carbonyl (C=O) groups is 2. The van der Waals surface area contributed by atoms with E-state index in [1.54, 1.807) is 12.3 Å². The van der Waals surface area contributed by atoms with Gasteiger partial charge in [0.25, 0.3) is 11.8 Å². The van der Waals surface area contributed by atoms with Crippen molar-refractivity contribution in [3.8, 4) is 5.75 Å². The number of amides is 2. The van der Waals surface area contributed by atoms with Gasteiger partial charge in [0, 0.05) is 34.8 Å². The monoisotopic (exact) mass is 455 g/mol. The fourth-order valence-electron chi connectivity index (χ4n) is 4.52. The molecule has 1 aromatic heterocycles. The number of nitrogens with zero attached hydrogens (tertiary/aromatic N) is 1. The highest BCUT2D eigenvalue weighted by atomic mass is 16.5. The quantitative estimate of drug-likeness (QED) is 0.372. The maximum atomic E-state index is 13.2. The third-order valence-corrected chi connectivity index (χ3v) is 5.94. The number of benzene rings is 3. The van der Waals surface area contributed by atoms with Crippen LogP contribution in [0.25, 0.3) is 32.8 Å². The molecule has 0 saturated heterocycles. The van der Waals surface area contributed by atoms with Crippen LogP contribution in [0.3, 0.4) is 0 Å². The molecule has 0 fully saturated rings. The molecule has 0 saturated carbocycles. The number of nitrogens with one attached hydrogen (secondary N) is 2. The number of likely N-dealkylation sites (N-methyl/N-ethyl adjacent to an activating group) is 1. The molecule has 0 spiro atoms. The molecule has 0 bridgehead atoms. The molecule has 1 atom stereocenters. The van der Waals surface area contributed by atoms with Gasteiger partial charge in [-0.15, -0.1) is 0 Å². The summed E-state index contributed by atoms with van der Waals surface area (Å²) in [4.78, 5) is 31.3. The number of hydrogen-bond donors (Lipinski definition) is 3. The largest absolute Gasteiger partial charge is 0.490 e. The van der Waals surface area contributed by atoms with Crippen molar-refractivity contribution in [1.29, 1.82) is 0 Å². The average Bonchev–Trinajstić information content (AvgIpc) is 3.36. The Hall–Kier alpha value is -3.94. The number of aromatic amines is 1. The van der Waals surface area contributed by atoms with E-state index >= 15 is 0 Å². The van der Waals surface area contributed by atoms with E-state index in [1.807, 2.05) is 73.6 Å². The molecular formula is C27H25N3O4. The molecule has 3 N–H and O–H groups in total. The summed E-state index contributed by atoms with van der Waals surface area (Å²) >= 11 is 0. The molecular weight excluding hydrogens is 430 g/mol. The topological polar surface area (TPSA) is 94.7 Å². The van der Waals surface area contributed by atoms with Crippen LogP contribution in [0.4, 0.5) is 0 Å². The van der Waals surface area contributed by atoms with Gasteiger partial charge in [-0.2, -0.15) is 0 Å². The maximum Gasteiger partial charge on any atom is 0.259 e. The van der Waals surface area contributed by atoms with E-state index in [0.29, 0.717) is 29.0 Å². The summed E-state index contributed by atoms with van der Waals surface area (Å²) in [6, 6.07) is 19.0. The lowest BCUT2D eigenvalue weighted by atomic mass is 9.91. The minimum atomic E-state index is -0.713. The van der Waals surface area contributed by atoms with Gasteiger partial charge in [-0.05, 0) is 37.0 Å². The lowest BCUT2D eigenvalue weighted by Crippen LogP contribution is -2.30. The summed E-state index contributed by atoms with van der Waals surface area (Å²) in [5, 5.41) is 15.4. The zero-order valence-electron chi connectivity index (χ0n) is 19.0. The summed E-state index contributed by atoms with van der Waals surface area (Å²) in [6.07, 6.45) is 1.04. The van der Waals surface area contributed by atoms with Gasteiger partial charge < -0.3 is 19.7 Å². The van der Waals surface area contributed by atoms with Gasteiger partial charge in [-0.25, -0.2) is 0 Å². The smallest absolute Gasteiger partial charge is 0.259 e. The number of aliphatic hydroxyl groups excluding tert-OH is 1. The van der Waals surface area contributed by atoms with Gasteiger partial charge in [0.05, 0.1) is 11.1 Å². The Bertz CT molecular complexity index is 1450. The number of imide groups is 1. The number of para-hydroxylation sites is 1. The summed E-state index contributed by atoms with van der Waals surface area (Å²) < 4.78 is 6.05. The Balaban J connectivity index is 1.72. The number of aliphatic hydroxyl groups is 1. The number of aromatic nitrogens is 1. The molecule has 2 amide bonds. The number of rotatable bonds is 7. The normalized spacial score (nSPS) is 14.9. The molecule has 7 heteroatoms. The summed E-state index contributed by atoms with van der Waals surface area (Å²) in [5.74, 6) is -0.481. The second-order valence-electron chi connectivity index (χ2n) is 8.67. The Morgan fingerprint density at radius 2 is 1.62 bits per heavy atom. The van der Waals surface area contributed by atoms with E-state index in [0.717, 1.165) is 21.7 Å². The van der Waals surface area contributed by atoms with Gasteiger partial charge in [0.15, 0.2) is 0 Å². The first-order valence-corrected chi connectivity index (χ1v) is 11.1. The highest BCUT2D eigenvalue weighted by Gasteiger charge is 2.36. The van der Waals surface area contributed by atoms with Gasteiger partial charge in [0.1, 0.15) is 18.5 Å². The molecule has 1 aliphatic rings. The molecule has 1 unspecified atom stereocenters. The van der Waals surface area contributed by atoms with E-state index in [-0.39, 0.29) is 12.2 Å². The van der Waals surface area contributed by atoms with E-state index in [2.05, 4.69) is 10.3 Å². The molecule has 7 nitrogen and oxygen atoms in total. The van der Waals surface area contributed by atoms with Crippen molar-refractivity contribution in [2.75, 3.05) is 27.2 Å². The standard InChI is InChI=1S/C27H25N3O4/c1-30(2)14-17(31)15-34-22-12-11-16-7-3-4-8-18(16)23(22)25-24(26(32)29-27(25)33)20-13-28-21-10-6-5-9-19(20)21/h3-13,17,28,31H,14-15H2,1-2H3,(H,29,32,33). The van der Waals surface area contributed by atoms with Crippen molar-refractivity contribution in [1.82, 2.24) is 15.2 Å². The third-order valence-electron chi connectivity index (χ3n) is 5.94. The SMILES string of the molecule is CN(C)CC(O)COc1ccc2ccccc2c1C1=C(c2c[nH]c3ccccc23)C(=O)NC1=O.